The van der Waals surface area contributed by atoms with E-state index in [1.54, 1.807) is 0 Å². The quantitative estimate of drug-likeness (QED) is 0.299. The van der Waals surface area contributed by atoms with Gasteiger partial charge >= 0.3 is 0 Å². The molecule has 2 bridgehead atoms. The van der Waals surface area contributed by atoms with Crippen molar-refractivity contribution in [2.45, 2.75) is 36.5 Å². The highest BCUT2D eigenvalue weighted by Gasteiger charge is 2.63. The largest absolute Gasteiger partial charge is 0.393 e. The molecule has 3 heterocycles. The van der Waals surface area contributed by atoms with Crippen molar-refractivity contribution in [2.24, 2.45) is 0 Å². The molecule has 0 aromatic heterocycles. The van der Waals surface area contributed by atoms with Crippen LogP contribution in [0.5, 0.6) is 0 Å². The van der Waals surface area contributed by atoms with Crippen molar-refractivity contribution in [1.29, 1.82) is 0 Å². The van der Waals surface area contributed by atoms with Crippen LogP contribution in [0.15, 0.2) is 12.2 Å². The summed E-state index contributed by atoms with van der Waals surface area (Å²) in [5, 5.41) is 43.6. The third kappa shape index (κ3) is 2.14. The van der Waals surface area contributed by atoms with Crippen LogP contribution in [0.1, 0.15) is 13.3 Å². The van der Waals surface area contributed by atoms with Crippen molar-refractivity contribution in [3.8, 4) is 0 Å². The first-order valence-corrected chi connectivity index (χ1v) is 6.31. The zero-order valence-corrected chi connectivity index (χ0v) is 11.4. The number of fused-ring (bicyclic) bond motifs is 5. The van der Waals surface area contributed by atoms with Gasteiger partial charge in [-0.15, -0.1) is 0 Å². The van der Waals surface area contributed by atoms with Gasteiger partial charge in [-0.25, -0.2) is 0 Å². The van der Waals surface area contributed by atoms with E-state index in [1.165, 1.54) is 0 Å². The molecule has 4 atom stereocenters. The van der Waals surface area contributed by atoms with Crippen LogP contribution in [-0.4, -0.2) is 68.6 Å². The summed E-state index contributed by atoms with van der Waals surface area (Å²) in [4.78, 5) is 24.3. The van der Waals surface area contributed by atoms with Gasteiger partial charge in [-0.1, -0.05) is 6.58 Å². The summed E-state index contributed by atoms with van der Waals surface area (Å²) < 4.78 is 5.27. The number of aliphatic hydroxyl groups excluding tert-OH is 2. The van der Waals surface area contributed by atoms with Gasteiger partial charge in [-0.3, -0.25) is 9.59 Å². The molecule has 0 aliphatic carbocycles. The molecule has 0 aromatic carbocycles. The van der Waals surface area contributed by atoms with Crippen molar-refractivity contribution in [3.63, 3.8) is 0 Å². The number of ether oxygens (including phenoxy) is 1. The fraction of sp³-hybridized carbons (Fsp3) is 0.667. The normalized spacial score (nSPS) is 37.1. The first kappa shape index (κ1) is 15.9. The molecule has 3 aliphatic rings. The van der Waals surface area contributed by atoms with Crippen LogP contribution in [0, 0.1) is 0 Å². The number of hydrogen-bond acceptors (Lipinski definition) is 7. The van der Waals surface area contributed by atoms with Crippen molar-refractivity contribution in [3.05, 3.63) is 12.2 Å². The first-order valence-electron chi connectivity index (χ1n) is 6.31. The maximum absolute atomic E-state index is 12.2. The molecule has 0 saturated carbocycles. The number of hydrogen-bond donors (Lipinski definition) is 6. The molecular weight excluding hydrogens is 284 g/mol. The summed E-state index contributed by atoms with van der Waals surface area (Å²) >= 11 is 0. The summed E-state index contributed by atoms with van der Waals surface area (Å²) in [5.74, 6) is -2.09. The third-order valence-corrected chi connectivity index (χ3v) is 3.80. The Balaban J connectivity index is 2.47. The Labute approximate surface area is 120 Å². The van der Waals surface area contributed by atoms with Crippen LogP contribution in [0.2, 0.25) is 0 Å². The van der Waals surface area contributed by atoms with Crippen LogP contribution in [0.4, 0.5) is 0 Å². The molecule has 9 heteroatoms. The molecule has 0 spiro atoms. The van der Waals surface area contributed by atoms with Crippen molar-refractivity contribution < 1.29 is 34.8 Å². The lowest BCUT2D eigenvalue weighted by Crippen LogP contribution is -2.82. The van der Waals surface area contributed by atoms with Gasteiger partial charge in [0.2, 0.25) is 5.72 Å². The van der Waals surface area contributed by atoms with Gasteiger partial charge in [-0.05, 0) is 18.9 Å². The molecule has 0 radical (unpaired) electrons. The molecule has 3 aliphatic heterocycles. The Morgan fingerprint density at radius 1 is 1.43 bits per heavy atom. The summed E-state index contributed by atoms with van der Waals surface area (Å²) in [6.07, 6.45) is -1.91. The molecule has 21 heavy (non-hydrogen) atoms. The minimum Gasteiger partial charge on any atom is -0.393 e. The summed E-state index contributed by atoms with van der Waals surface area (Å²) in [5.41, 5.74) is -6.69. The number of rotatable bonds is 3. The summed E-state index contributed by atoms with van der Waals surface area (Å²) in [7, 11) is 0. The lowest BCUT2D eigenvalue weighted by atomic mass is 9.85. The zero-order valence-electron chi connectivity index (χ0n) is 11.4. The van der Waals surface area contributed by atoms with Crippen LogP contribution >= 0.6 is 0 Å². The predicted octanol–water partition coefficient (Wildman–Crippen LogP) is -3.30. The first-order chi connectivity index (χ1) is 9.60. The highest BCUT2D eigenvalue weighted by Crippen LogP contribution is 2.32. The molecule has 0 aromatic rings. The molecule has 3 fully saturated rings. The molecule has 6 N–H and O–H groups in total. The van der Waals surface area contributed by atoms with Crippen molar-refractivity contribution in [2.75, 3.05) is 13.2 Å². The molecular formula is C12H18N2O7. The van der Waals surface area contributed by atoms with Crippen LogP contribution in [0.3, 0.4) is 0 Å². The maximum atomic E-state index is 12.2. The summed E-state index contributed by atoms with van der Waals surface area (Å²) in [6, 6.07) is 0. The third-order valence-electron chi connectivity index (χ3n) is 3.80. The highest BCUT2D eigenvalue weighted by atomic mass is 16.5. The van der Waals surface area contributed by atoms with Gasteiger partial charge in [0.15, 0.2) is 0 Å². The van der Waals surface area contributed by atoms with Crippen LogP contribution < -0.4 is 10.6 Å². The van der Waals surface area contributed by atoms with Gasteiger partial charge in [0.05, 0.1) is 13.2 Å². The Morgan fingerprint density at radius 2 is 2.05 bits per heavy atom. The second-order valence-corrected chi connectivity index (χ2v) is 5.47. The van der Waals surface area contributed by atoms with E-state index in [1.807, 2.05) is 5.32 Å². The fourth-order valence-corrected chi connectivity index (χ4v) is 2.29. The van der Waals surface area contributed by atoms with Crippen LogP contribution in [0.25, 0.3) is 0 Å². The number of carbonyl (C=O) groups is 2. The van der Waals surface area contributed by atoms with E-state index in [2.05, 4.69) is 11.9 Å². The van der Waals surface area contributed by atoms with Gasteiger partial charge in [-0.2, -0.15) is 0 Å². The molecule has 9 nitrogen and oxygen atoms in total. The number of nitrogens with one attached hydrogen (secondary N) is 2. The Kier molecular flexibility index (Phi) is 3.59. The van der Waals surface area contributed by atoms with Gasteiger partial charge in [0.1, 0.15) is 11.7 Å². The van der Waals surface area contributed by atoms with Crippen LogP contribution in [-0.2, 0) is 14.3 Å². The Bertz CT molecular complexity index is 506. The minimum atomic E-state index is -2.31. The summed E-state index contributed by atoms with van der Waals surface area (Å²) in [6.45, 7) is 3.59. The number of piperazine rings is 1. The van der Waals surface area contributed by atoms with E-state index in [9.17, 15) is 24.9 Å². The van der Waals surface area contributed by atoms with E-state index in [4.69, 9.17) is 9.84 Å². The molecule has 1 unspecified atom stereocenters. The number of carbonyl (C=O) groups excluding carboxylic acids is 2. The predicted molar refractivity (Wildman–Crippen MR) is 67.4 cm³/mol. The van der Waals surface area contributed by atoms with E-state index in [0.717, 1.165) is 6.92 Å². The van der Waals surface area contributed by atoms with Gasteiger partial charge in [0, 0.05) is 0 Å². The van der Waals surface area contributed by atoms with Gasteiger partial charge < -0.3 is 35.8 Å². The van der Waals surface area contributed by atoms with Crippen molar-refractivity contribution in [1.82, 2.24) is 10.6 Å². The van der Waals surface area contributed by atoms with Crippen molar-refractivity contribution >= 4 is 11.8 Å². The SMILES string of the molecule is C=C1CCOC2([C@@H](O)[C@@](C)(O)CO)NC(=O)[C@@]1(O)NC2=O. The average Bonchev–Trinajstić information content (AvgIpc) is 2.42. The second kappa shape index (κ2) is 4.75. The monoisotopic (exact) mass is 302 g/mol. The number of aliphatic hydroxyl groups is 4. The van der Waals surface area contributed by atoms with E-state index >= 15 is 0 Å². The highest BCUT2D eigenvalue weighted by molar-refractivity contribution is 6.02. The second-order valence-electron chi connectivity index (χ2n) is 5.47. The lowest BCUT2D eigenvalue weighted by Gasteiger charge is -2.49. The lowest BCUT2D eigenvalue weighted by molar-refractivity contribution is -0.230. The molecule has 2 amide bonds. The minimum absolute atomic E-state index is 0.0325. The Morgan fingerprint density at radius 3 is 2.62 bits per heavy atom. The number of amides is 2. The smallest absolute Gasteiger partial charge is 0.280 e. The zero-order chi connectivity index (χ0) is 16.1. The fourth-order valence-electron chi connectivity index (χ4n) is 2.29. The Hall–Kier alpha value is -1.52. The van der Waals surface area contributed by atoms with E-state index < -0.39 is 41.6 Å². The van der Waals surface area contributed by atoms with E-state index in [-0.39, 0.29) is 18.6 Å². The maximum Gasteiger partial charge on any atom is 0.280 e. The molecule has 3 saturated heterocycles. The standard InChI is InChI=1S/C12H18N2O7/c1-6-3-4-21-12(7(16)10(2,19)5-15)9(18)13-11(6,20)8(17)14-12/h7,15-16,19-20H,1,3-5H2,2H3,(H,13,18)(H,14,17)/t7-,10-,11+,12?/m0/s1. The topological polar surface area (TPSA) is 148 Å². The molecule has 118 valence electrons. The molecule has 3 rings (SSSR count). The van der Waals surface area contributed by atoms with Gasteiger partial charge in [0.25, 0.3) is 17.5 Å². The van der Waals surface area contributed by atoms with E-state index in [0.29, 0.717) is 0 Å². The average molecular weight is 302 g/mol.